The summed E-state index contributed by atoms with van der Waals surface area (Å²) in [5.74, 6) is -0.529. The zero-order valence-electron chi connectivity index (χ0n) is 42.6. The molecule has 0 spiro atoms. The third kappa shape index (κ3) is 45.7. The Bertz CT molecular complexity index is 1100. The fourth-order valence-electron chi connectivity index (χ4n) is 7.99. The average Bonchev–Trinajstić information content (AvgIpc) is 3.23. The van der Waals surface area contributed by atoms with Gasteiger partial charge in [-0.05, 0) is 31.8 Å². The Morgan fingerprint density at radius 2 is 0.905 bits per heavy atom. The number of nitrogens with one attached hydrogen (secondary N) is 1. The second kappa shape index (κ2) is 44.6. The van der Waals surface area contributed by atoms with Crippen LogP contribution in [0.1, 0.15) is 265 Å². The van der Waals surface area contributed by atoms with Crippen molar-refractivity contribution in [3.05, 3.63) is 12.2 Å². The molecule has 10 heteroatoms. The number of phosphoric ester groups is 1. The van der Waals surface area contributed by atoms with Crippen LogP contribution in [-0.2, 0) is 27.9 Å². The molecule has 0 aromatic carbocycles. The van der Waals surface area contributed by atoms with Gasteiger partial charge in [-0.25, -0.2) is 0 Å². The molecule has 0 aliphatic rings. The number of unbranched alkanes of at least 4 members (excludes halogenated alkanes) is 33. The van der Waals surface area contributed by atoms with Gasteiger partial charge in [-0.15, -0.1) is 0 Å². The lowest BCUT2D eigenvalue weighted by atomic mass is 10.0. The van der Waals surface area contributed by atoms with Crippen molar-refractivity contribution < 1.29 is 37.3 Å². The molecule has 374 valence electrons. The lowest BCUT2D eigenvalue weighted by Gasteiger charge is -2.30. The van der Waals surface area contributed by atoms with Crippen molar-refractivity contribution in [3.8, 4) is 0 Å². The number of allylic oxidation sites excluding steroid dienone is 1. The first-order valence-corrected chi connectivity index (χ1v) is 28.5. The van der Waals surface area contributed by atoms with E-state index < -0.39 is 20.0 Å². The predicted molar refractivity (Wildman–Crippen MR) is 266 cm³/mol. The number of likely N-dealkylation sites (N-methyl/N-ethyl adjacent to an activating group) is 1. The van der Waals surface area contributed by atoms with Crippen molar-refractivity contribution in [2.75, 3.05) is 40.9 Å². The molecule has 3 atom stereocenters. The minimum atomic E-state index is -4.68. The van der Waals surface area contributed by atoms with Crippen molar-refractivity contribution in [2.45, 2.75) is 277 Å². The van der Waals surface area contributed by atoms with Gasteiger partial charge >= 0.3 is 5.97 Å². The van der Waals surface area contributed by atoms with E-state index in [4.69, 9.17) is 13.8 Å². The van der Waals surface area contributed by atoms with Gasteiger partial charge in [0, 0.05) is 12.8 Å². The van der Waals surface area contributed by atoms with E-state index in [0.717, 1.165) is 57.8 Å². The minimum absolute atomic E-state index is 0.0173. The van der Waals surface area contributed by atoms with Gasteiger partial charge in [0.1, 0.15) is 19.3 Å². The highest BCUT2D eigenvalue weighted by Gasteiger charge is 2.27. The molecular weight excluding hydrogens is 808 g/mol. The monoisotopic (exact) mass is 913 g/mol. The van der Waals surface area contributed by atoms with Gasteiger partial charge in [0.25, 0.3) is 7.82 Å². The standard InChI is InChI=1S/C53H105N2O7P/c1-7-10-13-16-19-22-25-27-28-31-34-37-40-43-46-53(57)62-51(44-41-38-35-32-30-26-23-20-17-14-11-8-2)50(49-61-63(58,59)60-48-47-55(4,5)6)54-52(56)45-42-39-36-33-29-24-21-18-15-12-9-3/h41,44,50-51H,7-40,42-43,45-49H2,1-6H3,(H-,54,56,58,59)/b44-41+. The highest BCUT2D eigenvalue weighted by Crippen LogP contribution is 2.38. The Hall–Kier alpha value is -1.25. The molecule has 0 aliphatic heterocycles. The molecule has 63 heavy (non-hydrogen) atoms. The third-order valence-corrected chi connectivity index (χ3v) is 13.2. The average molecular weight is 913 g/mol. The number of phosphoric acid groups is 1. The fraction of sp³-hybridized carbons (Fsp3) is 0.925. The van der Waals surface area contributed by atoms with Crippen molar-refractivity contribution in [3.63, 3.8) is 0 Å². The predicted octanol–water partition coefficient (Wildman–Crippen LogP) is 15.0. The Morgan fingerprint density at radius 3 is 1.30 bits per heavy atom. The summed E-state index contributed by atoms with van der Waals surface area (Å²) in [5, 5.41) is 3.01. The van der Waals surface area contributed by atoms with E-state index in [1.54, 1.807) is 0 Å². The summed E-state index contributed by atoms with van der Waals surface area (Å²) < 4.78 is 30.1. The van der Waals surface area contributed by atoms with Crippen LogP contribution in [0.5, 0.6) is 0 Å². The first-order chi connectivity index (χ1) is 30.4. The van der Waals surface area contributed by atoms with Gasteiger partial charge in [-0.2, -0.15) is 0 Å². The maximum Gasteiger partial charge on any atom is 0.306 e. The second-order valence-corrected chi connectivity index (χ2v) is 21.2. The molecule has 0 saturated carbocycles. The molecule has 0 aliphatic carbocycles. The van der Waals surface area contributed by atoms with E-state index in [0.29, 0.717) is 17.4 Å². The van der Waals surface area contributed by atoms with Crippen LogP contribution in [-0.4, -0.2) is 69.4 Å². The van der Waals surface area contributed by atoms with Crippen LogP contribution >= 0.6 is 7.82 Å². The van der Waals surface area contributed by atoms with Crippen LogP contribution in [0.4, 0.5) is 0 Å². The Balaban J connectivity index is 5.37. The smallest absolute Gasteiger partial charge is 0.306 e. The van der Waals surface area contributed by atoms with Gasteiger partial charge in [-0.1, -0.05) is 232 Å². The number of nitrogens with zero attached hydrogens (tertiary/aromatic N) is 1. The van der Waals surface area contributed by atoms with Crippen LogP contribution in [0.25, 0.3) is 0 Å². The molecular formula is C53H105N2O7P. The molecule has 0 fully saturated rings. The van der Waals surface area contributed by atoms with Crippen molar-refractivity contribution in [1.82, 2.24) is 5.32 Å². The highest BCUT2D eigenvalue weighted by molar-refractivity contribution is 7.45. The Labute approximate surface area is 391 Å². The van der Waals surface area contributed by atoms with Gasteiger partial charge in [0.2, 0.25) is 5.91 Å². The number of rotatable bonds is 49. The summed E-state index contributed by atoms with van der Waals surface area (Å²) in [6.45, 7) is 6.85. The van der Waals surface area contributed by atoms with E-state index in [9.17, 15) is 19.0 Å². The molecule has 0 saturated heterocycles. The number of carbonyl (C=O) groups is 2. The number of hydrogen-bond donors (Lipinski definition) is 1. The largest absolute Gasteiger partial charge is 0.756 e. The van der Waals surface area contributed by atoms with Crippen LogP contribution in [0.15, 0.2) is 12.2 Å². The van der Waals surface area contributed by atoms with Crippen molar-refractivity contribution in [2.24, 2.45) is 0 Å². The molecule has 1 N–H and O–H groups in total. The second-order valence-electron chi connectivity index (χ2n) is 19.7. The van der Waals surface area contributed by atoms with Crippen molar-refractivity contribution >= 4 is 19.7 Å². The normalized spacial score (nSPS) is 14.0. The zero-order chi connectivity index (χ0) is 46.5. The summed E-state index contributed by atoms with van der Waals surface area (Å²) in [7, 11) is 1.20. The molecule has 0 aromatic heterocycles. The summed E-state index contributed by atoms with van der Waals surface area (Å²) in [5.41, 5.74) is 0. The quantitative estimate of drug-likeness (QED) is 0.0213. The van der Waals surface area contributed by atoms with Crippen LogP contribution < -0.4 is 10.2 Å². The van der Waals surface area contributed by atoms with Gasteiger partial charge < -0.3 is 28.5 Å². The number of ether oxygens (including phenoxy) is 1. The molecule has 3 unspecified atom stereocenters. The van der Waals surface area contributed by atoms with Crippen LogP contribution in [0.2, 0.25) is 0 Å². The lowest BCUT2D eigenvalue weighted by Crippen LogP contribution is -2.47. The lowest BCUT2D eigenvalue weighted by molar-refractivity contribution is -0.870. The first kappa shape index (κ1) is 61.8. The SMILES string of the molecule is CCCCCCCCCCCC/C=C/C(OC(=O)CCCCCCCCCCCCCCCC)C(COP(=O)([O-])OCC[N+](C)(C)C)NC(=O)CCCCCCCCCCCCC. The van der Waals surface area contributed by atoms with Gasteiger partial charge in [0.15, 0.2) is 0 Å². The van der Waals surface area contributed by atoms with E-state index in [1.165, 1.54) is 173 Å². The number of amides is 1. The summed E-state index contributed by atoms with van der Waals surface area (Å²) in [6, 6.07) is -0.876. The molecule has 0 rings (SSSR count). The van der Waals surface area contributed by atoms with Gasteiger partial charge in [0.05, 0.1) is 33.8 Å². The summed E-state index contributed by atoms with van der Waals surface area (Å²) in [6.07, 6.45) is 47.4. The van der Waals surface area contributed by atoms with E-state index in [1.807, 2.05) is 33.3 Å². The topological polar surface area (TPSA) is 114 Å². The van der Waals surface area contributed by atoms with E-state index >= 15 is 0 Å². The maximum absolute atomic E-state index is 13.4. The Kier molecular flexibility index (Phi) is 43.7. The van der Waals surface area contributed by atoms with E-state index in [2.05, 4.69) is 26.1 Å². The number of hydrogen-bond acceptors (Lipinski definition) is 7. The zero-order valence-corrected chi connectivity index (χ0v) is 43.4. The minimum Gasteiger partial charge on any atom is -0.756 e. The molecule has 1 amide bonds. The van der Waals surface area contributed by atoms with Crippen LogP contribution in [0, 0.1) is 0 Å². The van der Waals surface area contributed by atoms with Gasteiger partial charge in [-0.3, -0.25) is 14.2 Å². The van der Waals surface area contributed by atoms with E-state index in [-0.39, 0.29) is 31.5 Å². The molecule has 0 aromatic rings. The molecule has 0 radical (unpaired) electrons. The maximum atomic E-state index is 13.4. The number of esters is 1. The third-order valence-electron chi connectivity index (χ3n) is 12.2. The first-order valence-electron chi connectivity index (χ1n) is 27.0. The highest BCUT2D eigenvalue weighted by atomic mass is 31.2. The molecule has 0 heterocycles. The van der Waals surface area contributed by atoms with Crippen LogP contribution in [0.3, 0.4) is 0 Å². The Morgan fingerprint density at radius 1 is 0.540 bits per heavy atom. The fourth-order valence-corrected chi connectivity index (χ4v) is 8.72. The van der Waals surface area contributed by atoms with Crippen molar-refractivity contribution in [1.29, 1.82) is 0 Å². The molecule has 9 nitrogen and oxygen atoms in total. The molecule has 0 bridgehead atoms. The summed E-state index contributed by atoms with van der Waals surface area (Å²) in [4.78, 5) is 39.6. The summed E-state index contributed by atoms with van der Waals surface area (Å²) >= 11 is 0. The number of carbonyl (C=O) groups excluding carboxylic acids is 2. The number of quaternary nitrogens is 1.